The van der Waals surface area contributed by atoms with Crippen LogP contribution in [0.25, 0.3) is 11.1 Å². The maximum Gasteiger partial charge on any atom is 0.420 e. The molecule has 0 spiro atoms. The summed E-state index contributed by atoms with van der Waals surface area (Å²) in [6, 6.07) is 6.83. The largest absolute Gasteiger partial charge is 0.420 e. The van der Waals surface area contributed by atoms with Gasteiger partial charge in [0.2, 0.25) is 5.91 Å². The van der Waals surface area contributed by atoms with Gasteiger partial charge in [-0.05, 0) is 31.0 Å². The molecule has 2 heterocycles. The molecular formula is C16H15ClN4O3. The van der Waals surface area contributed by atoms with E-state index in [0.717, 1.165) is 11.4 Å². The van der Waals surface area contributed by atoms with Gasteiger partial charge in [-0.15, -0.1) is 0 Å². The average molecular weight is 347 g/mol. The summed E-state index contributed by atoms with van der Waals surface area (Å²) in [5, 5.41) is 10.4. The molecule has 124 valence electrons. The van der Waals surface area contributed by atoms with Crippen LogP contribution in [-0.4, -0.2) is 20.7 Å². The topological polar surface area (TPSA) is 92.9 Å². The van der Waals surface area contributed by atoms with Crippen LogP contribution < -0.4 is 11.1 Å². The van der Waals surface area contributed by atoms with Crippen LogP contribution in [0.4, 0.5) is 0 Å². The summed E-state index contributed by atoms with van der Waals surface area (Å²) >= 11 is 5.87. The molecule has 24 heavy (non-hydrogen) atoms. The van der Waals surface area contributed by atoms with Gasteiger partial charge in [0, 0.05) is 17.0 Å². The predicted molar refractivity (Wildman–Crippen MR) is 87.9 cm³/mol. The van der Waals surface area contributed by atoms with Gasteiger partial charge in [-0.25, -0.2) is 4.79 Å². The van der Waals surface area contributed by atoms with E-state index >= 15 is 0 Å². The zero-order chi connectivity index (χ0) is 16.7. The summed E-state index contributed by atoms with van der Waals surface area (Å²) in [4.78, 5) is 24.0. The minimum atomic E-state index is -0.583. The van der Waals surface area contributed by atoms with Crippen molar-refractivity contribution in [2.24, 2.45) is 0 Å². The van der Waals surface area contributed by atoms with Gasteiger partial charge in [0.1, 0.15) is 6.54 Å². The third-order valence-corrected chi connectivity index (χ3v) is 4.29. The van der Waals surface area contributed by atoms with Gasteiger partial charge in [-0.1, -0.05) is 11.6 Å². The van der Waals surface area contributed by atoms with Crippen LogP contribution >= 0.6 is 11.6 Å². The number of carbonyl (C=O) groups is 1. The summed E-state index contributed by atoms with van der Waals surface area (Å²) in [7, 11) is 0. The third kappa shape index (κ3) is 2.94. The highest BCUT2D eigenvalue weighted by molar-refractivity contribution is 6.31. The molecule has 0 unspecified atom stereocenters. The van der Waals surface area contributed by atoms with Crippen molar-refractivity contribution in [1.82, 2.24) is 20.1 Å². The number of nitrogens with zero attached hydrogens (tertiary/aromatic N) is 2. The van der Waals surface area contributed by atoms with Crippen molar-refractivity contribution in [3.05, 3.63) is 51.2 Å². The lowest BCUT2D eigenvalue weighted by atomic mass is 10.2. The first-order chi connectivity index (χ1) is 11.6. The van der Waals surface area contributed by atoms with E-state index in [0.29, 0.717) is 28.6 Å². The van der Waals surface area contributed by atoms with E-state index in [2.05, 4.69) is 15.5 Å². The van der Waals surface area contributed by atoms with Crippen LogP contribution in [0.2, 0.25) is 5.02 Å². The smallest absolute Gasteiger partial charge is 0.408 e. The van der Waals surface area contributed by atoms with Gasteiger partial charge >= 0.3 is 5.76 Å². The summed E-state index contributed by atoms with van der Waals surface area (Å²) < 4.78 is 6.39. The molecule has 0 atom stereocenters. The fourth-order valence-electron chi connectivity index (χ4n) is 2.64. The first-order valence-corrected chi connectivity index (χ1v) is 8.08. The molecule has 4 rings (SSSR count). The normalized spacial score (nSPS) is 14.2. The molecule has 1 fully saturated rings. The highest BCUT2D eigenvalue weighted by Crippen LogP contribution is 2.38. The first-order valence-electron chi connectivity index (χ1n) is 7.70. The lowest BCUT2D eigenvalue weighted by molar-refractivity contribution is -0.121. The van der Waals surface area contributed by atoms with Gasteiger partial charge < -0.3 is 9.73 Å². The number of hydrogen-bond donors (Lipinski definition) is 2. The zero-order valence-electron chi connectivity index (χ0n) is 12.7. The molecule has 2 aromatic heterocycles. The molecule has 7 nitrogen and oxygen atoms in total. The Kier molecular flexibility index (Phi) is 3.65. The van der Waals surface area contributed by atoms with E-state index in [1.807, 2.05) is 6.07 Å². The molecular weight excluding hydrogens is 332 g/mol. The average Bonchev–Trinajstić information content (AvgIpc) is 3.22. The molecule has 1 aliphatic rings. The van der Waals surface area contributed by atoms with E-state index in [4.69, 9.17) is 16.0 Å². The van der Waals surface area contributed by atoms with Gasteiger partial charge in [0.05, 0.1) is 23.4 Å². The predicted octanol–water partition coefficient (Wildman–Crippen LogP) is 2.16. The number of hydrogen-bond acceptors (Lipinski definition) is 4. The molecule has 1 aliphatic carbocycles. The first kappa shape index (κ1) is 15.0. The van der Waals surface area contributed by atoms with E-state index in [1.54, 1.807) is 18.2 Å². The number of fused-ring (bicyclic) bond motifs is 1. The Hall–Kier alpha value is -2.54. The van der Waals surface area contributed by atoms with Crippen LogP contribution in [0.15, 0.2) is 33.5 Å². The van der Waals surface area contributed by atoms with Gasteiger partial charge in [0.25, 0.3) is 0 Å². The minimum Gasteiger partial charge on any atom is -0.408 e. The van der Waals surface area contributed by atoms with E-state index in [-0.39, 0.29) is 12.5 Å². The van der Waals surface area contributed by atoms with Crippen molar-refractivity contribution in [3.8, 4) is 0 Å². The van der Waals surface area contributed by atoms with Crippen molar-refractivity contribution >= 4 is 28.6 Å². The van der Waals surface area contributed by atoms with E-state index in [9.17, 15) is 9.59 Å². The van der Waals surface area contributed by atoms with Crippen LogP contribution in [0.3, 0.4) is 0 Å². The number of benzene rings is 1. The van der Waals surface area contributed by atoms with Crippen molar-refractivity contribution in [3.63, 3.8) is 0 Å². The molecule has 0 radical (unpaired) electrons. The SMILES string of the molecule is O=C(Cn1c(=O)oc2cc(Cl)ccc21)NCc1cc(C2CC2)n[nH]1. The number of halogens is 1. The fraction of sp³-hybridized carbons (Fsp3) is 0.312. The molecule has 1 amide bonds. The summed E-state index contributed by atoms with van der Waals surface area (Å²) in [6.07, 6.45) is 2.36. The number of rotatable bonds is 5. The maximum atomic E-state index is 12.1. The third-order valence-electron chi connectivity index (χ3n) is 4.05. The highest BCUT2D eigenvalue weighted by atomic mass is 35.5. The second-order valence-electron chi connectivity index (χ2n) is 5.94. The van der Waals surface area contributed by atoms with E-state index < -0.39 is 5.76 Å². The lowest BCUT2D eigenvalue weighted by Crippen LogP contribution is -2.30. The Morgan fingerprint density at radius 3 is 3.04 bits per heavy atom. The standard InChI is InChI=1S/C16H15ClN4O3/c17-10-3-4-13-14(5-10)24-16(23)21(13)8-15(22)18-7-11-6-12(20-19-11)9-1-2-9/h3-6,9H,1-2,7-8H2,(H,18,22)(H,19,20). The van der Waals surface area contributed by atoms with Gasteiger partial charge in [0.15, 0.2) is 5.58 Å². The van der Waals surface area contributed by atoms with Crippen LogP contribution in [0, 0.1) is 0 Å². The Balaban J connectivity index is 1.43. The van der Waals surface area contributed by atoms with Crippen molar-refractivity contribution in [2.45, 2.75) is 31.8 Å². The van der Waals surface area contributed by atoms with Crippen LogP contribution in [0.5, 0.6) is 0 Å². The number of oxazole rings is 1. The number of carbonyl (C=O) groups excluding carboxylic acids is 1. The Morgan fingerprint density at radius 1 is 1.42 bits per heavy atom. The highest BCUT2D eigenvalue weighted by Gasteiger charge is 2.26. The quantitative estimate of drug-likeness (QED) is 0.740. The number of aromatic nitrogens is 3. The monoisotopic (exact) mass is 346 g/mol. The van der Waals surface area contributed by atoms with Gasteiger partial charge in [-0.3, -0.25) is 14.5 Å². The summed E-state index contributed by atoms with van der Waals surface area (Å²) in [5.74, 6) is -0.300. The molecule has 0 bridgehead atoms. The molecule has 3 aromatic rings. The molecule has 0 saturated heterocycles. The van der Waals surface area contributed by atoms with Gasteiger partial charge in [-0.2, -0.15) is 5.10 Å². The van der Waals surface area contributed by atoms with Crippen molar-refractivity contribution in [1.29, 1.82) is 0 Å². The lowest BCUT2D eigenvalue weighted by Gasteiger charge is -2.04. The summed E-state index contributed by atoms with van der Waals surface area (Å²) in [5.41, 5.74) is 2.80. The summed E-state index contributed by atoms with van der Waals surface area (Å²) in [6.45, 7) is 0.228. The van der Waals surface area contributed by atoms with E-state index in [1.165, 1.54) is 17.4 Å². The Morgan fingerprint density at radius 2 is 2.25 bits per heavy atom. The second-order valence-corrected chi connectivity index (χ2v) is 6.37. The number of H-pyrrole nitrogens is 1. The second kappa shape index (κ2) is 5.83. The maximum absolute atomic E-state index is 12.1. The number of nitrogens with one attached hydrogen (secondary N) is 2. The number of aromatic amines is 1. The fourth-order valence-corrected chi connectivity index (χ4v) is 2.80. The molecule has 0 aliphatic heterocycles. The van der Waals surface area contributed by atoms with Crippen LogP contribution in [-0.2, 0) is 17.9 Å². The molecule has 8 heteroatoms. The Bertz CT molecular complexity index is 967. The van der Waals surface area contributed by atoms with Crippen LogP contribution in [0.1, 0.15) is 30.1 Å². The Labute approximate surface area is 141 Å². The zero-order valence-corrected chi connectivity index (χ0v) is 13.5. The van der Waals surface area contributed by atoms with Crippen molar-refractivity contribution < 1.29 is 9.21 Å². The number of amides is 1. The molecule has 1 aromatic carbocycles. The van der Waals surface area contributed by atoms with Crippen molar-refractivity contribution in [2.75, 3.05) is 0 Å². The molecule has 1 saturated carbocycles. The molecule has 2 N–H and O–H groups in total. The minimum absolute atomic E-state index is 0.114.